The fraction of sp³-hybridized carbons (Fsp3) is 0.500. The second-order valence-electron chi connectivity index (χ2n) is 5.49. The van der Waals surface area contributed by atoms with Crippen LogP contribution in [0.25, 0.3) is 0 Å². The molecule has 1 aromatic carbocycles. The summed E-state index contributed by atoms with van der Waals surface area (Å²) in [5.41, 5.74) is 1.02. The molecule has 1 aliphatic heterocycles. The van der Waals surface area contributed by atoms with E-state index in [0.29, 0.717) is 24.3 Å². The number of benzene rings is 1. The molecule has 1 amide bonds. The molecule has 1 saturated carbocycles. The molecule has 3 atom stereocenters. The normalized spacial score (nSPS) is 28.2. The van der Waals surface area contributed by atoms with Crippen LogP contribution in [-0.4, -0.2) is 37.4 Å². The van der Waals surface area contributed by atoms with E-state index in [-0.39, 0.29) is 24.2 Å². The van der Waals surface area contributed by atoms with Crippen molar-refractivity contribution in [3.8, 4) is 6.07 Å². The lowest BCUT2D eigenvalue weighted by molar-refractivity contribution is -0.157. The Balaban J connectivity index is 1.61. The smallest absolute Gasteiger partial charge is 0.251 e. The van der Waals surface area contributed by atoms with E-state index in [0.717, 1.165) is 19.3 Å². The van der Waals surface area contributed by atoms with E-state index in [9.17, 15) is 4.79 Å². The van der Waals surface area contributed by atoms with Gasteiger partial charge in [0.05, 0.1) is 37.1 Å². The fourth-order valence-electron chi connectivity index (χ4n) is 3.00. The number of carbonyl (C=O) groups is 1. The minimum absolute atomic E-state index is 0.0863. The van der Waals surface area contributed by atoms with Gasteiger partial charge in [-0.05, 0) is 37.5 Å². The lowest BCUT2D eigenvalue weighted by Gasteiger charge is -2.39. The Morgan fingerprint density at radius 2 is 2.05 bits per heavy atom. The number of rotatable bonds is 2. The van der Waals surface area contributed by atoms with Crippen LogP contribution in [-0.2, 0) is 9.47 Å². The first-order valence-corrected chi connectivity index (χ1v) is 7.30. The zero-order valence-corrected chi connectivity index (χ0v) is 11.7. The van der Waals surface area contributed by atoms with Crippen LogP contribution in [0.3, 0.4) is 0 Å². The number of ether oxygens (including phenoxy) is 2. The molecule has 0 radical (unpaired) electrons. The van der Waals surface area contributed by atoms with E-state index in [1.165, 1.54) is 0 Å². The van der Waals surface area contributed by atoms with Gasteiger partial charge in [0.15, 0.2) is 0 Å². The van der Waals surface area contributed by atoms with Crippen molar-refractivity contribution >= 4 is 5.91 Å². The SMILES string of the molecule is N#Cc1cccc(C(=O)N[C@@H]2CC[C@H]3OCCO[C@@H]3C2)c1. The van der Waals surface area contributed by atoms with Gasteiger partial charge in [-0.15, -0.1) is 0 Å². The summed E-state index contributed by atoms with van der Waals surface area (Å²) in [5.74, 6) is -0.132. The maximum Gasteiger partial charge on any atom is 0.251 e. The third-order valence-electron chi connectivity index (χ3n) is 4.07. The van der Waals surface area contributed by atoms with E-state index in [1.807, 2.05) is 6.07 Å². The van der Waals surface area contributed by atoms with Gasteiger partial charge in [-0.3, -0.25) is 4.79 Å². The van der Waals surface area contributed by atoms with Gasteiger partial charge in [0.1, 0.15) is 0 Å². The first-order valence-electron chi connectivity index (χ1n) is 7.30. The zero-order valence-electron chi connectivity index (χ0n) is 11.7. The van der Waals surface area contributed by atoms with E-state index in [1.54, 1.807) is 24.3 Å². The molecule has 5 nitrogen and oxygen atoms in total. The number of amides is 1. The Morgan fingerprint density at radius 3 is 2.86 bits per heavy atom. The van der Waals surface area contributed by atoms with Crippen molar-refractivity contribution in [1.29, 1.82) is 5.26 Å². The lowest BCUT2D eigenvalue weighted by atomic mass is 9.89. The molecule has 1 N–H and O–H groups in total. The number of fused-ring (bicyclic) bond motifs is 1. The molecule has 3 rings (SSSR count). The molecule has 1 aromatic rings. The Kier molecular flexibility index (Phi) is 4.18. The maximum absolute atomic E-state index is 12.2. The predicted octanol–water partition coefficient (Wildman–Crippen LogP) is 1.62. The van der Waals surface area contributed by atoms with E-state index < -0.39 is 0 Å². The summed E-state index contributed by atoms with van der Waals surface area (Å²) in [6.45, 7) is 1.30. The third-order valence-corrected chi connectivity index (χ3v) is 4.07. The molecule has 21 heavy (non-hydrogen) atoms. The second kappa shape index (κ2) is 6.25. The summed E-state index contributed by atoms with van der Waals surface area (Å²) in [6, 6.07) is 8.90. The van der Waals surface area contributed by atoms with E-state index in [2.05, 4.69) is 5.32 Å². The quantitative estimate of drug-likeness (QED) is 0.897. The van der Waals surface area contributed by atoms with Crippen molar-refractivity contribution in [1.82, 2.24) is 5.32 Å². The number of nitrogens with zero attached hydrogens (tertiary/aromatic N) is 1. The highest BCUT2D eigenvalue weighted by atomic mass is 16.6. The summed E-state index contributed by atoms with van der Waals surface area (Å²) in [4.78, 5) is 12.2. The summed E-state index contributed by atoms with van der Waals surface area (Å²) in [7, 11) is 0. The monoisotopic (exact) mass is 286 g/mol. The minimum Gasteiger partial charge on any atom is -0.373 e. The zero-order chi connectivity index (χ0) is 14.7. The minimum atomic E-state index is -0.132. The number of nitrogens with one attached hydrogen (secondary N) is 1. The highest BCUT2D eigenvalue weighted by molar-refractivity contribution is 5.94. The molecular weight excluding hydrogens is 268 g/mol. The average molecular weight is 286 g/mol. The first kappa shape index (κ1) is 14.1. The molecular formula is C16H18N2O3. The van der Waals surface area contributed by atoms with Crippen LogP contribution in [0.2, 0.25) is 0 Å². The number of nitriles is 1. The van der Waals surface area contributed by atoms with Crippen LogP contribution in [0, 0.1) is 11.3 Å². The molecule has 1 heterocycles. The van der Waals surface area contributed by atoms with Crippen LogP contribution in [0.5, 0.6) is 0 Å². The molecule has 0 spiro atoms. The van der Waals surface area contributed by atoms with Crippen molar-refractivity contribution in [2.45, 2.75) is 37.5 Å². The summed E-state index contributed by atoms with van der Waals surface area (Å²) < 4.78 is 11.4. The molecule has 1 aliphatic carbocycles. The summed E-state index contributed by atoms with van der Waals surface area (Å²) >= 11 is 0. The average Bonchev–Trinajstić information content (AvgIpc) is 2.54. The van der Waals surface area contributed by atoms with Crippen molar-refractivity contribution in [2.24, 2.45) is 0 Å². The van der Waals surface area contributed by atoms with Crippen LogP contribution in [0.15, 0.2) is 24.3 Å². The first-order chi connectivity index (χ1) is 10.3. The summed E-state index contributed by atoms with van der Waals surface area (Å²) in [5, 5.41) is 11.9. The van der Waals surface area contributed by atoms with Crippen LogP contribution < -0.4 is 5.32 Å². The molecule has 5 heteroatoms. The van der Waals surface area contributed by atoms with Gasteiger partial charge in [0.25, 0.3) is 5.91 Å². The van der Waals surface area contributed by atoms with E-state index in [4.69, 9.17) is 14.7 Å². The number of carbonyl (C=O) groups excluding carboxylic acids is 1. The van der Waals surface area contributed by atoms with Gasteiger partial charge in [-0.1, -0.05) is 6.07 Å². The summed E-state index contributed by atoms with van der Waals surface area (Å²) in [6.07, 6.45) is 2.85. The van der Waals surface area contributed by atoms with Crippen molar-refractivity contribution in [3.05, 3.63) is 35.4 Å². The highest BCUT2D eigenvalue weighted by Gasteiger charge is 2.34. The predicted molar refractivity (Wildman–Crippen MR) is 75.7 cm³/mol. The molecule has 0 aromatic heterocycles. The molecule has 0 unspecified atom stereocenters. The molecule has 2 aliphatic rings. The molecule has 2 fully saturated rings. The molecule has 110 valence electrons. The van der Waals surface area contributed by atoms with Gasteiger partial charge in [-0.25, -0.2) is 0 Å². The van der Waals surface area contributed by atoms with Crippen molar-refractivity contribution < 1.29 is 14.3 Å². The third kappa shape index (κ3) is 3.23. The second-order valence-corrected chi connectivity index (χ2v) is 5.49. The van der Waals surface area contributed by atoms with Crippen LogP contribution >= 0.6 is 0 Å². The largest absolute Gasteiger partial charge is 0.373 e. The Morgan fingerprint density at radius 1 is 1.24 bits per heavy atom. The Labute approximate surface area is 123 Å². The van der Waals surface area contributed by atoms with Crippen LogP contribution in [0.4, 0.5) is 0 Å². The molecule has 0 bridgehead atoms. The van der Waals surface area contributed by atoms with E-state index >= 15 is 0 Å². The van der Waals surface area contributed by atoms with Crippen molar-refractivity contribution in [2.75, 3.05) is 13.2 Å². The van der Waals surface area contributed by atoms with Gasteiger partial charge in [0.2, 0.25) is 0 Å². The standard InChI is InChI=1S/C16H18N2O3/c17-10-11-2-1-3-12(8-11)16(19)18-13-4-5-14-15(9-13)21-7-6-20-14/h1-3,8,13-15H,4-7,9H2,(H,18,19)/t13-,14-,15-/m1/s1. The van der Waals surface area contributed by atoms with Gasteiger partial charge in [-0.2, -0.15) is 5.26 Å². The Bertz CT molecular complexity index is 567. The Hall–Kier alpha value is -1.90. The number of hydrogen-bond acceptors (Lipinski definition) is 4. The lowest BCUT2D eigenvalue weighted by Crippen LogP contribution is -2.49. The van der Waals surface area contributed by atoms with Gasteiger partial charge in [0, 0.05) is 11.6 Å². The van der Waals surface area contributed by atoms with Gasteiger partial charge < -0.3 is 14.8 Å². The fourth-order valence-corrected chi connectivity index (χ4v) is 3.00. The highest BCUT2D eigenvalue weighted by Crippen LogP contribution is 2.27. The van der Waals surface area contributed by atoms with Gasteiger partial charge >= 0.3 is 0 Å². The van der Waals surface area contributed by atoms with Crippen LogP contribution in [0.1, 0.15) is 35.2 Å². The molecule has 1 saturated heterocycles. The number of hydrogen-bond donors (Lipinski definition) is 1. The van der Waals surface area contributed by atoms with Crippen molar-refractivity contribution in [3.63, 3.8) is 0 Å². The maximum atomic E-state index is 12.2. The topological polar surface area (TPSA) is 71.4 Å².